The van der Waals surface area contributed by atoms with Crippen LogP contribution in [0.2, 0.25) is 0 Å². The molecule has 140 valence electrons. The molecule has 3 aromatic rings. The van der Waals surface area contributed by atoms with E-state index in [9.17, 15) is 4.79 Å². The second-order valence-corrected chi connectivity index (χ2v) is 6.97. The molecule has 2 aromatic carbocycles. The minimum absolute atomic E-state index is 0.0668. The molecule has 0 saturated carbocycles. The molecule has 6 nitrogen and oxygen atoms in total. The van der Waals surface area contributed by atoms with Crippen LogP contribution < -0.4 is 10.1 Å². The molecule has 0 aliphatic carbocycles. The van der Waals surface area contributed by atoms with E-state index >= 15 is 0 Å². The standard InChI is InChI=1S/C20H22N4O2S/c1-14-8-4-6-10-17(14)24-15(2)22-23-20(24)27-13-19(25)21-12-16-9-5-7-11-18(16)26-3/h4-11H,12-13H2,1-3H3,(H,21,25). The lowest BCUT2D eigenvalue weighted by Gasteiger charge is -2.11. The lowest BCUT2D eigenvalue weighted by atomic mass is 10.2. The molecule has 0 radical (unpaired) electrons. The van der Waals surface area contributed by atoms with Crippen LogP contribution in [0.4, 0.5) is 0 Å². The van der Waals surface area contributed by atoms with Crippen LogP contribution >= 0.6 is 11.8 Å². The Bertz CT molecular complexity index is 939. The number of benzene rings is 2. The lowest BCUT2D eigenvalue weighted by Crippen LogP contribution is -2.25. The highest BCUT2D eigenvalue weighted by Gasteiger charge is 2.14. The van der Waals surface area contributed by atoms with E-state index in [2.05, 4.69) is 15.5 Å². The average Bonchev–Trinajstić information content (AvgIpc) is 3.05. The van der Waals surface area contributed by atoms with Crippen LogP contribution in [0.1, 0.15) is 17.0 Å². The van der Waals surface area contributed by atoms with E-state index in [1.807, 2.05) is 66.9 Å². The first-order chi connectivity index (χ1) is 13.1. The van der Waals surface area contributed by atoms with Crippen molar-refractivity contribution in [2.24, 2.45) is 0 Å². The first kappa shape index (κ1) is 19.0. The monoisotopic (exact) mass is 382 g/mol. The second kappa shape index (κ2) is 8.73. The topological polar surface area (TPSA) is 69.0 Å². The summed E-state index contributed by atoms with van der Waals surface area (Å²) < 4.78 is 7.29. The predicted octanol–water partition coefficient (Wildman–Crippen LogP) is 3.30. The second-order valence-electron chi connectivity index (χ2n) is 6.03. The predicted molar refractivity (Wildman–Crippen MR) is 106 cm³/mol. The molecule has 1 amide bonds. The summed E-state index contributed by atoms with van der Waals surface area (Å²) in [5.74, 6) is 1.75. The molecule has 0 fully saturated rings. The van der Waals surface area contributed by atoms with E-state index in [4.69, 9.17) is 4.74 Å². The quantitative estimate of drug-likeness (QED) is 0.635. The Labute approximate surface area is 163 Å². The Morgan fingerprint density at radius 3 is 2.63 bits per heavy atom. The fraction of sp³-hybridized carbons (Fsp3) is 0.250. The molecule has 0 aliphatic heterocycles. The van der Waals surface area contributed by atoms with Gasteiger partial charge in [0.2, 0.25) is 5.91 Å². The summed E-state index contributed by atoms with van der Waals surface area (Å²) in [7, 11) is 1.62. The van der Waals surface area contributed by atoms with Crippen LogP contribution in [-0.2, 0) is 11.3 Å². The number of hydrogen-bond donors (Lipinski definition) is 1. The minimum atomic E-state index is -0.0668. The number of rotatable bonds is 7. The van der Waals surface area contributed by atoms with Gasteiger partial charge in [0.1, 0.15) is 11.6 Å². The molecule has 0 bridgehead atoms. The number of nitrogens with one attached hydrogen (secondary N) is 1. The van der Waals surface area contributed by atoms with Crippen LogP contribution in [0.15, 0.2) is 53.7 Å². The van der Waals surface area contributed by atoms with Gasteiger partial charge in [0.15, 0.2) is 5.16 Å². The fourth-order valence-corrected chi connectivity index (χ4v) is 3.57. The van der Waals surface area contributed by atoms with Gasteiger partial charge in [-0.15, -0.1) is 10.2 Å². The molecule has 0 spiro atoms. The third kappa shape index (κ3) is 4.49. The van der Waals surface area contributed by atoms with Gasteiger partial charge in [0, 0.05) is 12.1 Å². The maximum absolute atomic E-state index is 12.3. The summed E-state index contributed by atoms with van der Waals surface area (Å²) in [5.41, 5.74) is 3.09. The van der Waals surface area contributed by atoms with Gasteiger partial charge in [0.25, 0.3) is 0 Å². The van der Waals surface area contributed by atoms with Crippen molar-refractivity contribution in [1.82, 2.24) is 20.1 Å². The molecule has 3 rings (SSSR count). The van der Waals surface area contributed by atoms with Crippen molar-refractivity contribution < 1.29 is 9.53 Å². The summed E-state index contributed by atoms with van der Waals surface area (Å²) in [6.07, 6.45) is 0. The Balaban J connectivity index is 1.64. The number of aromatic nitrogens is 3. The van der Waals surface area contributed by atoms with Crippen LogP contribution in [-0.4, -0.2) is 33.5 Å². The molecule has 0 saturated heterocycles. The maximum Gasteiger partial charge on any atom is 0.230 e. The number of hydrogen-bond acceptors (Lipinski definition) is 5. The van der Waals surface area contributed by atoms with Crippen molar-refractivity contribution in [2.45, 2.75) is 25.5 Å². The number of para-hydroxylation sites is 2. The van der Waals surface area contributed by atoms with Gasteiger partial charge in [-0.1, -0.05) is 48.2 Å². The molecule has 1 N–H and O–H groups in total. The molecular formula is C20H22N4O2S. The van der Waals surface area contributed by atoms with Crippen molar-refractivity contribution in [1.29, 1.82) is 0 Å². The Kier molecular flexibility index (Phi) is 6.13. The highest BCUT2D eigenvalue weighted by molar-refractivity contribution is 7.99. The molecule has 27 heavy (non-hydrogen) atoms. The van der Waals surface area contributed by atoms with E-state index in [0.717, 1.165) is 28.4 Å². The van der Waals surface area contributed by atoms with Gasteiger partial charge in [0.05, 0.1) is 18.6 Å². The molecule has 0 aliphatic rings. The molecule has 0 atom stereocenters. The number of amides is 1. The minimum Gasteiger partial charge on any atom is -0.496 e. The molecule has 1 aromatic heterocycles. The molecule has 7 heteroatoms. The first-order valence-corrected chi connectivity index (χ1v) is 9.58. The van der Waals surface area contributed by atoms with Gasteiger partial charge in [-0.2, -0.15) is 0 Å². The van der Waals surface area contributed by atoms with Crippen molar-refractivity contribution in [3.05, 3.63) is 65.5 Å². The number of carbonyl (C=O) groups is 1. The summed E-state index contributed by atoms with van der Waals surface area (Å²) in [4.78, 5) is 12.3. The summed E-state index contributed by atoms with van der Waals surface area (Å²) >= 11 is 1.37. The first-order valence-electron chi connectivity index (χ1n) is 8.59. The van der Waals surface area contributed by atoms with Crippen LogP contribution in [0, 0.1) is 13.8 Å². The largest absolute Gasteiger partial charge is 0.496 e. The summed E-state index contributed by atoms with van der Waals surface area (Å²) in [6, 6.07) is 15.7. The summed E-state index contributed by atoms with van der Waals surface area (Å²) in [5, 5.41) is 12.0. The van der Waals surface area contributed by atoms with E-state index in [1.54, 1.807) is 7.11 Å². The number of methoxy groups -OCH3 is 1. The van der Waals surface area contributed by atoms with Crippen LogP contribution in [0.5, 0.6) is 5.75 Å². The fourth-order valence-electron chi connectivity index (χ4n) is 2.75. The number of thioether (sulfide) groups is 1. The highest BCUT2D eigenvalue weighted by Crippen LogP contribution is 2.24. The van der Waals surface area contributed by atoms with Crippen LogP contribution in [0.25, 0.3) is 5.69 Å². The van der Waals surface area contributed by atoms with Gasteiger partial charge in [-0.25, -0.2) is 0 Å². The Hall–Kier alpha value is -2.80. The van der Waals surface area contributed by atoms with Crippen molar-refractivity contribution in [3.63, 3.8) is 0 Å². The Morgan fingerprint density at radius 1 is 1.11 bits per heavy atom. The van der Waals surface area contributed by atoms with E-state index in [0.29, 0.717) is 11.7 Å². The summed E-state index contributed by atoms with van der Waals surface area (Å²) in [6.45, 7) is 4.38. The van der Waals surface area contributed by atoms with E-state index in [1.165, 1.54) is 11.8 Å². The van der Waals surface area contributed by atoms with E-state index < -0.39 is 0 Å². The van der Waals surface area contributed by atoms with Crippen molar-refractivity contribution in [2.75, 3.05) is 12.9 Å². The third-order valence-corrected chi connectivity index (χ3v) is 5.08. The number of nitrogens with zero attached hydrogens (tertiary/aromatic N) is 3. The molecule has 0 unspecified atom stereocenters. The zero-order valence-electron chi connectivity index (χ0n) is 15.6. The van der Waals surface area contributed by atoms with Gasteiger partial charge >= 0.3 is 0 Å². The zero-order valence-corrected chi connectivity index (χ0v) is 16.4. The highest BCUT2D eigenvalue weighted by atomic mass is 32.2. The normalized spacial score (nSPS) is 10.6. The number of aryl methyl sites for hydroxylation is 2. The maximum atomic E-state index is 12.3. The SMILES string of the molecule is COc1ccccc1CNC(=O)CSc1nnc(C)n1-c1ccccc1C. The smallest absolute Gasteiger partial charge is 0.230 e. The number of ether oxygens (including phenoxy) is 1. The van der Waals surface area contributed by atoms with Gasteiger partial charge < -0.3 is 10.1 Å². The number of carbonyl (C=O) groups excluding carboxylic acids is 1. The van der Waals surface area contributed by atoms with Gasteiger partial charge in [-0.05, 0) is 31.5 Å². The van der Waals surface area contributed by atoms with Crippen molar-refractivity contribution in [3.8, 4) is 11.4 Å². The van der Waals surface area contributed by atoms with E-state index in [-0.39, 0.29) is 11.7 Å². The average molecular weight is 382 g/mol. The lowest BCUT2D eigenvalue weighted by molar-refractivity contribution is -0.118. The van der Waals surface area contributed by atoms with Crippen molar-refractivity contribution >= 4 is 17.7 Å². The Morgan fingerprint density at radius 2 is 1.85 bits per heavy atom. The zero-order chi connectivity index (χ0) is 19.2. The third-order valence-electron chi connectivity index (χ3n) is 4.15. The molecular weight excluding hydrogens is 360 g/mol. The van der Waals surface area contributed by atoms with Crippen LogP contribution in [0.3, 0.4) is 0 Å². The molecule has 1 heterocycles. The van der Waals surface area contributed by atoms with Gasteiger partial charge in [-0.3, -0.25) is 9.36 Å².